The summed E-state index contributed by atoms with van der Waals surface area (Å²) in [5, 5.41) is 13.1. The Morgan fingerprint density at radius 1 is 1.19 bits per heavy atom. The number of ether oxygens (including phenoxy) is 3. The summed E-state index contributed by atoms with van der Waals surface area (Å²) in [5.74, 6) is 0.816. The highest BCUT2D eigenvalue weighted by atomic mass is 16.7. The molecule has 2 aliphatic heterocycles. The number of hydrogen-bond donors (Lipinski definition) is 2. The fourth-order valence-corrected chi connectivity index (χ4v) is 2.42. The lowest BCUT2D eigenvalue weighted by atomic mass is 10.3. The summed E-state index contributed by atoms with van der Waals surface area (Å²) in [6, 6.07) is 3.37. The number of pyridine rings is 1. The van der Waals surface area contributed by atoms with Gasteiger partial charge in [0.15, 0.2) is 0 Å². The number of nitrogens with zero attached hydrogens (tertiary/aromatic N) is 2. The Balaban J connectivity index is 1.54. The van der Waals surface area contributed by atoms with Crippen LogP contribution >= 0.6 is 0 Å². The first kappa shape index (κ1) is 14.5. The molecule has 0 aliphatic carbocycles. The van der Waals surface area contributed by atoms with Crippen LogP contribution in [-0.4, -0.2) is 67.6 Å². The first-order valence-corrected chi connectivity index (χ1v) is 7.30. The molecule has 2 aliphatic rings. The first-order chi connectivity index (χ1) is 10.3. The lowest BCUT2D eigenvalue weighted by molar-refractivity contribution is -0.0486. The van der Waals surface area contributed by atoms with Crippen molar-refractivity contribution in [2.24, 2.45) is 0 Å². The minimum atomic E-state index is -0.564. The average Bonchev–Trinajstić information content (AvgIpc) is 3.04. The molecule has 116 valence electrons. The van der Waals surface area contributed by atoms with Gasteiger partial charge in [-0.3, -0.25) is 4.90 Å². The number of aromatic hydroxyl groups is 1. The molecule has 1 aromatic rings. The van der Waals surface area contributed by atoms with Crippen molar-refractivity contribution in [3.8, 4) is 5.75 Å². The lowest BCUT2D eigenvalue weighted by Gasteiger charge is -2.26. The Morgan fingerprint density at radius 3 is 2.71 bits per heavy atom. The molecule has 7 heteroatoms. The smallest absolute Gasteiger partial charge is 0.205 e. The number of anilines is 1. The van der Waals surface area contributed by atoms with Crippen molar-refractivity contribution in [3.05, 3.63) is 17.8 Å². The van der Waals surface area contributed by atoms with E-state index in [9.17, 15) is 5.11 Å². The maximum atomic E-state index is 9.85. The maximum Gasteiger partial charge on any atom is 0.205 e. The third kappa shape index (κ3) is 3.82. The zero-order valence-electron chi connectivity index (χ0n) is 12.0. The third-order valence-electron chi connectivity index (χ3n) is 3.59. The number of rotatable bonds is 5. The second-order valence-electron chi connectivity index (χ2n) is 5.06. The summed E-state index contributed by atoms with van der Waals surface area (Å²) in [6.45, 7) is 6.34. The van der Waals surface area contributed by atoms with E-state index in [0.29, 0.717) is 18.9 Å². The second-order valence-corrected chi connectivity index (χ2v) is 5.06. The van der Waals surface area contributed by atoms with Crippen molar-refractivity contribution in [3.63, 3.8) is 0 Å². The van der Waals surface area contributed by atoms with E-state index in [1.807, 2.05) is 0 Å². The molecule has 3 heterocycles. The summed E-state index contributed by atoms with van der Waals surface area (Å²) in [7, 11) is 0. The lowest BCUT2D eigenvalue weighted by Crippen LogP contribution is -2.39. The zero-order valence-corrected chi connectivity index (χ0v) is 12.0. The first-order valence-electron chi connectivity index (χ1n) is 7.30. The molecule has 0 atom stereocenters. The van der Waals surface area contributed by atoms with Crippen molar-refractivity contribution in [1.82, 2.24) is 9.88 Å². The molecule has 2 saturated heterocycles. The number of morpholine rings is 1. The molecule has 0 spiro atoms. The van der Waals surface area contributed by atoms with Crippen LogP contribution in [0.4, 0.5) is 5.82 Å². The van der Waals surface area contributed by atoms with Gasteiger partial charge in [0.1, 0.15) is 17.3 Å². The Morgan fingerprint density at radius 2 is 1.95 bits per heavy atom. The Hall–Kier alpha value is -1.41. The van der Waals surface area contributed by atoms with Gasteiger partial charge in [0.05, 0.1) is 26.4 Å². The van der Waals surface area contributed by atoms with Gasteiger partial charge >= 0.3 is 0 Å². The SMILES string of the molecule is Oc1ccc(NCCN2CCOCC2)nc1C1OCCO1. The number of nitrogens with one attached hydrogen (secondary N) is 1. The van der Waals surface area contributed by atoms with Crippen LogP contribution in [0.5, 0.6) is 5.75 Å². The quantitative estimate of drug-likeness (QED) is 0.822. The van der Waals surface area contributed by atoms with E-state index in [4.69, 9.17) is 14.2 Å². The zero-order chi connectivity index (χ0) is 14.5. The molecule has 2 fully saturated rings. The van der Waals surface area contributed by atoms with Gasteiger partial charge in [-0.2, -0.15) is 0 Å². The van der Waals surface area contributed by atoms with E-state index >= 15 is 0 Å². The van der Waals surface area contributed by atoms with Gasteiger partial charge in [-0.1, -0.05) is 0 Å². The van der Waals surface area contributed by atoms with Crippen molar-refractivity contribution >= 4 is 5.82 Å². The minimum Gasteiger partial charge on any atom is -0.506 e. The molecule has 0 aromatic carbocycles. The molecule has 2 N–H and O–H groups in total. The molecule has 3 rings (SSSR count). The third-order valence-corrected chi connectivity index (χ3v) is 3.59. The topological polar surface area (TPSA) is 76.1 Å². The largest absolute Gasteiger partial charge is 0.506 e. The maximum absolute atomic E-state index is 9.85. The molecular weight excluding hydrogens is 274 g/mol. The molecular formula is C14H21N3O4. The van der Waals surface area contributed by atoms with Crippen LogP contribution in [0.1, 0.15) is 12.0 Å². The van der Waals surface area contributed by atoms with Gasteiger partial charge in [-0.05, 0) is 12.1 Å². The second kappa shape index (κ2) is 7.04. The van der Waals surface area contributed by atoms with E-state index < -0.39 is 6.29 Å². The van der Waals surface area contributed by atoms with E-state index in [0.717, 1.165) is 45.2 Å². The van der Waals surface area contributed by atoms with Crippen LogP contribution in [0.15, 0.2) is 12.1 Å². The molecule has 7 nitrogen and oxygen atoms in total. The van der Waals surface area contributed by atoms with Gasteiger partial charge < -0.3 is 24.6 Å². The predicted molar refractivity (Wildman–Crippen MR) is 76.3 cm³/mol. The number of hydrogen-bond acceptors (Lipinski definition) is 7. The molecule has 0 unspecified atom stereocenters. The predicted octanol–water partition coefficient (Wildman–Crippen LogP) is 0.577. The van der Waals surface area contributed by atoms with Crippen molar-refractivity contribution < 1.29 is 19.3 Å². The molecule has 1 aromatic heterocycles. The molecule has 0 amide bonds. The fourth-order valence-electron chi connectivity index (χ4n) is 2.42. The highest BCUT2D eigenvalue weighted by Gasteiger charge is 2.23. The molecule has 21 heavy (non-hydrogen) atoms. The number of aromatic nitrogens is 1. The van der Waals surface area contributed by atoms with Crippen LogP contribution in [0.3, 0.4) is 0 Å². The van der Waals surface area contributed by atoms with Gasteiger partial charge in [0, 0.05) is 26.2 Å². The van der Waals surface area contributed by atoms with Crippen LogP contribution in [0.2, 0.25) is 0 Å². The van der Waals surface area contributed by atoms with Gasteiger partial charge in [0.2, 0.25) is 6.29 Å². The van der Waals surface area contributed by atoms with E-state index in [1.54, 1.807) is 12.1 Å². The summed E-state index contributed by atoms with van der Waals surface area (Å²) in [4.78, 5) is 6.73. The Kier molecular flexibility index (Phi) is 4.87. The highest BCUT2D eigenvalue weighted by molar-refractivity contribution is 5.41. The Bertz CT molecular complexity index is 460. The fraction of sp³-hybridized carbons (Fsp3) is 0.643. The highest BCUT2D eigenvalue weighted by Crippen LogP contribution is 2.29. The standard InChI is InChI=1S/C14H21N3O4/c18-11-1-2-12(16-13(11)14-20-9-10-21-14)15-3-4-17-5-7-19-8-6-17/h1-2,14,18H,3-10H2,(H,15,16). The normalized spacial score (nSPS) is 20.8. The van der Waals surface area contributed by atoms with E-state index in [2.05, 4.69) is 15.2 Å². The molecule has 0 bridgehead atoms. The minimum absolute atomic E-state index is 0.0978. The van der Waals surface area contributed by atoms with Crippen LogP contribution < -0.4 is 5.32 Å². The summed E-state index contributed by atoms with van der Waals surface area (Å²) < 4.78 is 16.1. The van der Waals surface area contributed by atoms with Gasteiger partial charge in [0.25, 0.3) is 0 Å². The van der Waals surface area contributed by atoms with Gasteiger partial charge in [-0.25, -0.2) is 4.98 Å². The average molecular weight is 295 g/mol. The van der Waals surface area contributed by atoms with Crippen molar-refractivity contribution in [1.29, 1.82) is 0 Å². The summed E-state index contributed by atoms with van der Waals surface area (Å²) >= 11 is 0. The molecule has 0 radical (unpaired) electrons. The van der Waals surface area contributed by atoms with Crippen molar-refractivity contribution in [2.45, 2.75) is 6.29 Å². The monoisotopic (exact) mass is 295 g/mol. The van der Waals surface area contributed by atoms with Gasteiger partial charge in [-0.15, -0.1) is 0 Å². The van der Waals surface area contributed by atoms with Crippen LogP contribution in [-0.2, 0) is 14.2 Å². The van der Waals surface area contributed by atoms with Crippen molar-refractivity contribution in [2.75, 3.05) is 57.9 Å². The van der Waals surface area contributed by atoms with Crippen LogP contribution in [0, 0.1) is 0 Å². The summed E-state index contributed by atoms with van der Waals surface area (Å²) in [6.07, 6.45) is -0.564. The molecule has 0 saturated carbocycles. The Labute approximate surface area is 123 Å². The van der Waals surface area contributed by atoms with Crippen LogP contribution in [0.25, 0.3) is 0 Å². The van der Waals surface area contributed by atoms with E-state index in [1.165, 1.54) is 0 Å². The summed E-state index contributed by atoms with van der Waals surface area (Å²) in [5.41, 5.74) is 0.434. The van der Waals surface area contributed by atoms with E-state index in [-0.39, 0.29) is 5.75 Å².